The standard InChI is InChI=1S/C22H29N9O3S/c1-2-31-21-17(13-24-31)19(25-15-5-9-35(32,33)10-6-15)16(12-23-21)18-11-22(34-28-18)7-3-14(4-8-22)20-26-29-30-27-20/h11-15,28H,2-10H2,1H3,(H,23,25)(H,26,27,29,30). The number of nitrogens with zero attached hydrogens (tertiary/aromatic N) is 6. The predicted molar refractivity (Wildman–Crippen MR) is 129 cm³/mol. The van der Waals surface area contributed by atoms with Crippen molar-refractivity contribution in [2.45, 2.75) is 69.6 Å². The van der Waals surface area contributed by atoms with Gasteiger partial charge in [-0.15, -0.1) is 10.2 Å². The molecule has 3 N–H and O–H groups in total. The molecular formula is C22H29N9O3S. The van der Waals surface area contributed by atoms with Crippen LogP contribution in [-0.4, -0.2) is 67.0 Å². The van der Waals surface area contributed by atoms with Gasteiger partial charge in [-0.25, -0.2) is 18.1 Å². The van der Waals surface area contributed by atoms with Crippen LogP contribution in [0.25, 0.3) is 16.7 Å². The quantitative estimate of drug-likeness (QED) is 0.474. The second-order valence-corrected chi connectivity index (χ2v) is 12.0. The first-order valence-corrected chi connectivity index (χ1v) is 14.0. The van der Waals surface area contributed by atoms with E-state index in [2.05, 4.69) is 42.6 Å². The summed E-state index contributed by atoms with van der Waals surface area (Å²) in [4.78, 5) is 10.9. The Kier molecular flexibility index (Phi) is 5.48. The average Bonchev–Trinajstić information content (AvgIpc) is 3.62. The molecule has 2 aliphatic heterocycles. The maximum absolute atomic E-state index is 11.9. The van der Waals surface area contributed by atoms with E-state index in [1.165, 1.54) is 0 Å². The molecule has 0 amide bonds. The summed E-state index contributed by atoms with van der Waals surface area (Å²) >= 11 is 0. The number of aryl methyl sites for hydroxylation is 1. The third-order valence-electron chi connectivity index (χ3n) is 7.49. The number of H-pyrrole nitrogens is 1. The number of sulfone groups is 1. The van der Waals surface area contributed by atoms with E-state index in [0.717, 1.165) is 59.5 Å². The molecule has 0 radical (unpaired) electrons. The summed E-state index contributed by atoms with van der Waals surface area (Å²) in [5.41, 5.74) is 6.26. The second kappa shape index (κ2) is 8.55. The van der Waals surface area contributed by atoms with Crippen molar-refractivity contribution in [3.63, 3.8) is 0 Å². The van der Waals surface area contributed by atoms with E-state index in [-0.39, 0.29) is 23.5 Å². The topological polar surface area (TPSA) is 153 Å². The van der Waals surface area contributed by atoms with Crippen LogP contribution in [0.1, 0.15) is 62.8 Å². The number of hydroxylamine groups is 1. The largest absolute Gasteiger partial charge is 0.381 e. The Morgan fingerprint density at radius 1 is 1.20 bits per heavy atom. The van der Waals surface area contributed by atoms with Crippen molar-refractivity contribution in [2.24, 2.45) is 0 Å². The van der Waals surface area contributed by atoms with Gasteiger partial charge in [-0.05, 0) is 51.5 Å². The van der Waals surface area contributed by atoms with Gasteiger partial charge in [0.1, 0.15) is 15.4 Å². The number of aromatic amines is 1. The zero-order valence-corrected chi connectivity index (χ0v) is 20.4. The van der Waals surface area contributed by atoms with E-state index in [9.17, 15) is 8.42 Å². The molecule has 1 aliphatic carbocycles. The zero-order chi connectivity index (χ0) is 24.0. The Morgan fingerprint density at radius 3 is 2.71 bits per heavy atom. The first-order chi connectivity index (χ1) is 17.0. The summed E-state index contributed by atoms with van der Waals surface area (Å²) in [7, 11) is -2.94. The van der Waals surface area contributed by atoms with E-state index < -0.39 is 15.4 Å². The van der Waals surface area contributed by atoms with Crippen LogP contribution in [0.3, 0.4) is 0 Å². The molecule has 3 aromatic rings. The number of fused-ring (bicyclic) bond motifs is 1. The lowest BCUT2D eigenvalue weighted by Crippen LogP contribution is -2.34. The highest BCUT2D eigenvalue weighted by molar-refractivity contribution is 7.91. The molecule has 0 bridgehead atoms. The number of hydrogen-bond donors (Lipinski definition) is 3. The molecule has 12 nitrogen and oxygen atoms in total. The van der Waals surface area contributed by atoms with Gasteiger partial charge in [-0.1, -0.05) is 5.21 Å². The van der Waals surface area contributed by atoms with E-state index in [1.807, 2.05) is 24.0 Å². The van der Waals surface area contributed by atoms with Crippen LogP contribution < -0.4 is 10.8 Å². The molecule has 5 heterocycles. The van der Waals surface area contributed by atoms with Crippen molar-refractivity contribution < 1.29 is 13.3 Å². The lowest BCUT2D eigenvalue weighted by atomic mass is 9.78. The second-order valence-electron chi connectivity index (χ2n) is 9.69. The summed E-state index contributed by atoms with van der Waals surface area (Å²) in [5, 5.41) is 23.6. The van der Waals surface area contributed by atoms with E-state index in [4.69, 9.17) is 9.82 Å². The van der Waals surface area contributed by atoms with Crippen LogP contribution in [0.5, 0.6) is 0 Å². The molecule has 1 saturated carbocycles. The molecule has 0 atom stereocenters. The van der Waals surface area contributed by atoms with E-state index in [1.54, 1.807) is 0 Å². The van der Waals surface area contributed by atoms with Gasteiger partial charge in [0, 0.05) is 30.3 Å². The Labute approximate surface area is 202 Å². The van der Waals surface area contributed by atoms with E-state index >= 15 is 0 Å². The van der Waals surface area contributed by atoms with Crippen LogP contribution >= 0.6 is 0 Å². The third-order valence-corrected chi connectivity index (χ3v) is 9.20. The average molecular weight is 500 g/mol. The highest BCUT2D eigenvalue weighted by Crippen LogP contribution is 2.44. The van der Waals surface area contributed by atoms with Crippen molar-refractivity contribution in [1.29, 1.82) is 0 Å². The summed E-state index contributed by atoms with van der Waals surface area (Å²) in [6.45, 7) is 2.75. The minimum Gasteiger partial charge on any atom is -0.381 e. The van der Waals surface area contributed by atoms with Gasteiger partial charge in [0.2, 0.25) is 0 Å². The van der Waals surface area contributed by atoms with Crippen molar-refractivity contribution in [3.8, 4) is 0 Å². The highest BCUT2D eigenvalue weighted by atomic mass is 32.2. The van der Waals surface area contributed by atoms with E-state index in [0.29, 0.717) is 19.4 Å². The Morgan fingerprint density at radius 2 is 2.00 bits per heavy atom. The van der Waals surface area contributed by atoms with Crippen LogP contribution in [0, 0.1) is 0 Å². The molecular weight excluding hydrogens is 470 g/mol. The number of anilines is 1. The summed E-state index contributed by atoms with van der Waals surface area (Å²) < 4.78 is 25.8. The molecule has 2 fully saturated rings. The fraction of sp³-hybridized carbons (Fsp3) is 0.591. The molecule has 0 aromatic carbocycles. The van der Waals surface area contributed by atoms with Gasteiger partial charge in [0.25, 0.3) is 0 Å². The van der Waals surface area contributed by atoms with Crippen LogP contribution in [-0.2, 0) is 21.2 Å². The fourth-order valence-corrected chi connectivity index (χ4v) is 6.91. The Bertz CT molecular complexity index is 1340. The lowest BCUT2D eigenvalue weighted by Gasteiger charge is -2.32. The van der Waals surface area contributed by atoms with Gasteiger partial charge >= 0.3 is 0 Å². The number of hydrogen-bond acceptors (Lipinski definition) is 10. The van der Waals surface area contributed by atoms with Gasteiger partial charge in [-0.3, -0.25) is 10.3 Å². The van der Waals surface area contributed by atoms with Crippen LogP contribution in [0.4, 0.5) is 5.69 Å². The SMILES string of the molecule is CCn1ncc2c(NC3CCS(=O)(=O)CC3)c(C3=CC4(CCC(c5nn[nH]n5)CC4)ON3)cnc21. The molecule has 3 aromatic heterocycles. The molecule has 13 heteroatoms. The Balaban J connectivity index is 1.30. The van der Waals surface area contributed by atoms with Gasteiger partial charge in [0.05, 0.1) is 34.5 Å². The molecule has 1 spiro atoms. The summed E-state index contributed by atoms with van der Waals surface area (Å²) in [5.74, 6) is 1.45. The Hall–Kier alpha value is -3.06. The minimum absolute atomic E-state index is 0.0649. The number of rotatable bonds is 5. The number of aromatic nitrogens is 7. The first-order valence-electron chi connectivity index (χ1n) is 12.2. The molecule has 186 valence electrons. The molecule has 6 rings (SSSR count). The van der Waals surface area contributed by atoms with Crippen molar-refractivity contribution in [1.82, 2.24) is 40.9 Å². The smallest absolute Gasteiger partial charge is 0.177 e. The molecule has 1 saturated heterocycles. The minimum atomic E-state index is -2.94. The highest BCUT2D eigenvalue weighted by Gasteiger charge is 2.41. The predicted octanol–water partition coefficient (Wildman–Crippen LogP) is 1.93. The van der Waals surface area contributed by atoms with Gasteiger partial charge < -0.3 is 5.32 Å². The van der Waals surface area contributed by atoms with Crippen molar-refractivity contribution >= 4 is 32.3 Å². The first kappa shape index (κ1) is 22.4. The third kappa shape index (κ3) is 4.16. The zero-order valence-electron chi connectivity index (χ0n) is 19.6. The van der Waals surface area contributed by atoms with Crippen LogP contribution in [0.15, 0.2) is 18.5 Å². The van der Waals surface area contributed by atoms with Crippen molar-refractivity contribution in [3.05, 3.63) is 29.9 Å². The molecule has 3 aliphatic rings. The lowest BCUT2D eigenvalue weighted by molar-refractivity contribution is -0.0589. The maximum atomic E-state index is 11.9. The van der Waals surface area contributed by atoms with Crippen molar-refractivity contribution in [2.75, 3.05) is 16.8 Å². The summed E-state index contributed by atoms with van der Waals surface area (Å²) in [6.07, 6.45) is 10.5. The summed E-state index contributed by atoms with van der Waals surface area (Å²) in [6, 6.07) is 0.0649. The fourth-order valence-electron chi connectivity index (χ4n) is 5.42. The van der Waals surface area contributed by atoms with Gasteiger partial charge in [0.15, 0.2) is 11.5 Å². The maximum Gasteiger partial charge on any atom is 0.177 e. The normalized spacial score (nSPS) is 22.4. The van der Waals surface area contributed by atoms with Crippen LogP contribution in [0.2, 0.25) is 0 Å². The molecule has 0 unspecified atom stereocenters. The number of nitrogens with one attached hydrogen (secondary N) is 3. The van der Waals surface area contributed by atoms with Gasteiger partial charge in [-0.2, -0.15) is 10.3 Å². The number of tetrazole rings is 1. The molecule has 35 heavy (non-hydrogen) atoms. The monoisotopic (exact) mass is 499 g/mol. The number of pyridine rings is 1.